The van der Waals surface area contributed by atoms with Crippen molar-refractivity contribution in [3.8, 4) is 0 Å². The van der Waals surface area contributed by atoms with Gasteiger partial charge in [-0.1, -0.05) is 62.4 Å². The molecule has 0 amide bonds. The van der Waals surface area contributed by atoms with E-state index in [1.165, 1.54) is 77.7 Å². The molecule has 2 aliphatic carbocycles. The van der Waals surface area contributed by atoms with Crippen molar-refractivity contribution in [2.45, 2.75) is 84.5 Å². The summed E-state index contributed by atoms with van der Waals surface area (Å²) in [5.74, 6) is 0.847. The van der Waals surface area contributed by atoms with E-state index in [-0.39, 0.29) is 0 Å². The standard InChI is InChI=1S/C16H22.C14H18S/c1-5-13-10-16(14-6-7-14)15(8-11(2)3)9-12(13)4;1-11(15-2)13-9-8-12-6-4-3-5-7-14(12)10-13/h9-10,14H,2,5-8H2,1,3-4H3;8-10H,1,3-7H2,2H3. The minimum Gasteiger partial charge on any atom is -0.130 e. The normalized spacial score (nSPS) is 15.4. The fourth-order valence-electron chi connectivity index (χ4n) is 4.67. The van der Waals surface area contributed by atoms with Crippen molar-refractivity contribution in [2.75, 3.05) is 6.26 Å². The van der Waals surface area contributed by atoms with Gasteiger partial charge in [-0.15, -0.1) is 11.8 Å². The van der Waals surface area contributed by atoms with E-state index in [2.05, 4.69) is 70.5 Å². The van der Waals surface area contributed by atoms with Crippen LogP contribution in [0.15, 0.2) is 49.1 Å². The summed E-state index contributed by atoms with van der Waals surface area (Å²) in [7, 11) is 0. The topological polar surface area (TPSA) is 0 Å². The summed E-state index contributed by atoms with van der Waals surface area (Å²) in [6.07, 6.45) is 13.7. The number of allylic oxidation sites excluding steroid dienone is 1. The minimum absolute atomic E-state index is 0.847. The molecular weight excluding hydrogens is 392 g/mol. The van der Waals surface area contributed by atoms with E-state index in [0.717, 1.165) is 18.8 Å². The number of thioether (sulfide) groups is 1. The smallest absolute Gasteiger partial charge is 0.00698 e. The highest BCUT2D eigenvalue weighted by atomic mass is 32.2. The number of rotatable bonds is 6. The number of benzene rings is 2. The van der Waals surface area contributed by atoms with Gasteiger partial charge in [0.1, 0.15) is 0 Å². The van der Waals surface area contributed by atoms with Gasteiger partial charge in [0.15, 0.2) is 0 Å². The quantitative estimate of drug-likeness (QED) is 0.324. The Balaban J connectivity index is 0.000000176. The average Bonchev–Trinajstić information content (AvgIpc) is 3.60. The first-order valence-electron chi connectivity index (χ1n) is 12.0. The highest BCUT2D eigenvalue weighted by Crippen LogP contribution is 2.43. The van der Waals surface area contributed by atoms with Gasteiger partial charge in [0.2, 0.25) is 0 Å². The third kappa shape index (κ3) is 6.62. The van der Waals surface area contributed by atoms with Gasteiger partial charge >= 0.3 is 0 Å². The molecule has 2 aliphatic rings. The van der Waals surface area contributed by atoms with Crippen molar-refractivity contribution >= 4 is 16.7 Å². The first-order valence-corrected chi connectivity index (χ1v) is 13.3. The molecule has 1 saturated carbocycles. The molecule has 0 N–H and O–H groups in total. The molecule has 0 radical (unpaired) electrons. The predicted octanol–water partition coefficient (Wildman–Crippen LogP) is 8.84. The van der Waals surface area contributed by atoms with Crippen LogP contribution in [0.2, 0.25) is 0 Å². The summed E-state index contributed by atoms with van der Waals surface area (Å²) in [6, 6.07) is 11.7. The predicted molar refractivity (Wildman–Crippen MR) is 141 cm³/mol. The Kier molecular flexibility index (Phi) is 8.67. The monoisotopic (exact) mass is 432 g/mol. The maximum absolute atomic E-state index is 4.08. The molecule has 2 aromatic carbocycles. The van der Waals surface area contributed by atoms with Crippen molar-refractivity contribution in [3.63, 3.8) is 0 Å². The molecule has 0 saturated heterocycles. The number of hydrogen-bond acceptors (Lipinski definition) is 1. The van der Waals surface area contributed by atoms with Crippen LogP contribution in [0.4, 0.5) is 0 Å². The SMILES string of the molecule is C=C(C)Cc1cc(C)c(CC)cc1C1CC1.C=C(SC)c1ccc2c(c1)CCCCC2. The highest BCUT2D eigenvalue weighted by molar-refractivity contribution is 8.07. The lowest BCUT2D eigenvalue weighted by Gasteiger charge is -2.13. The lowest BCUT2D eigenvalue weighted by molar-refractivity contribution is 0.711. The molecule has 0 bridgehead atoms. The summed E-state index contributed by atoms with van der Waals surface area (Å²) >= 11 is 1.74. The van der Waals surface area contributed by atoms with Gasteiger partial charge in [-0.2, -0.15) is 0 Å². The van der Waals surface area contributed by atoms with E-state index in [9.17, 15) is 0 Å². The second-order valence-corrected chi connectivity index (χ2v) is 10.3. The van der Waals surface area contributed by atoms with Crippen LogP contribution in [0.1, 0.15) is 90.8 Å². The molecule has 0 aliphatic heterocycles. The van der Waals surface area contributed by atoms with Gasteiger partial charge in [0.05, 0.1) is 0 Å². The van der Waals surface area contributed by atoms with Gasteiger partial charge in [-0.05, 0) is 116 Å². The Bertz CT molecular complexity index is 930. The zero-order chi connectivity index (χ0) is 22.4. The maximum Gasteiger partial charge on any atom is 0.00698 e. The van der Waals surface area contributed by atoms with E-state index in [4.69, 9.17) is 0 Å². The molecule has 2 aromatic rings. The van der Waals surface area contributed by atoms with Crippen molar-refractivity contribution in [1.82, 2.24) is 0 Å². The average molecular weight is 433 g/mol. The van der Waals surface area contributed by atoms with Crippen molar-refractivity contribution < 1.29 is 0 Å². The van der Waals surface area contributed by atoms with Crippen molar-refractivity contribution in [3.05, 3.63) is 88.0 Å². The fraction of sp³-hybridized carbons (Fsp3) is 0.467. The summed E-state index contributed by atoms with van der Waals surface area (Å²) in [4.78, 5) is 1.18. The Morgan fingerprint density at radius 1 is 0.968 bits per heavy atom. The molecule has 0 aromatic heterocycles. The fourth-order valence-corrected chi connectivity index (χ4v) is 5.03. The summed E-state index contributed by atoms with van der Waals surface area (Å²) in [5, 5.41) is 0. The van der Waals surface area contributed by atoms with Crippen molar-refractivity contribution in [1.29, 1.82) is 0 Å². The van der Waals surface area contributed by atoms with Crippen LogP contribution in [0.5, 0.6) is 0 Å². The van der Waals surface area contributed by atoms with Crippen LogP contribution in [0.25, 0.3) is 4.91 Å². The van der Waals surface area contributed by atoms with E-state index >= 15 is 0 Å². The van der Waals surface area contributed by atoms with Gasteiger partial charge in [0, 0.05) is 4.91 Å². The first-order chi connectivity index (χ1) is 14.9. The Morgan fingerprint density at radius 2 is 1.68 bits per heavy atom. The highest BCUT2D eigenvalue weighted by Gasteiger charge is 2.26. The Labute approximate surface area is 195 Å². The van der Waals surface area contributed by atoms with E-state index in [1.54, 1.807) is 28.5 Å². The molecule has 0 atom stereocenters. The number of fused-ring (bicyclic) bond motifs is 1. The molecule has 0 heterocycles. The number of aryl methyl sites for hydroxylation is 4. The molecule has 166 valence electrons. The van der Waals surface area contributed by atoms with E-state index in [0.29, 0.717) is 0 Å². The minimum atomic E-state index is 0.847. The first kappa shape index (κ1) is 23.9. The summed E-state index contributed by atoms with van der Waals surface area (Å²) in [6.45, 7) is 14.7. The lowest BCUT2D eigenvalue weighted by Crippen LogP contribution is -1.98. The molecule has 0 spiro atoms. The van der Waals surface area contributed by atoms with Crippen LogP contribution < -0.4 is 0 Å². The third-order valence-corrected chi connectivity index (χ3v) is 7.38. The Hall–Kier alpha value is -1.73. The van der Waals surface area contributed by atoms with E-state index < -0.39 is 0 Å². The molecule has 1 heteroatoms. The van der Waals surface area contributed by atoms with Crippen LogP contribution in [-0.2, 0) is 25.7 Å². The molecule has 31 heavy (non-hydrogen) atoms. The van der Waals surface area contributed by atoms with Crippen LogP contribution in [0.3, 0.4) is 0 Å². The van der Waals surface area contributed by atoms with Gasteiger partial charge in [-0.3, -0.25) is 0 Å². The zero-order valence-corrected chi connectivity index (χ0v) is 21.0. The lowest BCUT2D eigenvalue weighted by atomic mass is 9.92. The van der Waals surface area contributed by atoms with Gasteiger partial charge in [-0.25, -0.2) is 0 Å². The maximum atomic E-state index is 4.08. The second-order valence-electron chi connectivity index (χ2n) is 9.41. The van der Waals surface area contributed by atoms with Crippen LogP contribution in [-0.4, -0.2) is 6.26 Å². The van der Waals surface area contributed by atoms with E-state index in [1.807, 2.05) is 0 Å². The molecular formula is C30H40S. The third-order valence-electron chi connectivity index (χ3n) is 6.65. The number of hydrogen-bond donors (Lipinski definition) is 0. The molecule has 1 fully saturated rings. The largest absolute Gasteiger partial charge is 0.130 e. The van der Waals surface area contributed by atoms with Gasteiger partial charge in [0.25, 0.3) is 0 Å². The zero-order valence-electron chi connectivity index (χ0n) is 20.2. The second kappa shape index (κ2) is 11.2. The summed E-state index contributed by atoms with van der Waals surface area (Å²) < 4.78 is 0. The van der Waals surface area contributed by atoms with Crippen LogP contribution in [0, 0.1) is 6.92 Å². The molecule has 4 rings (SSSR count). The van der Waals surface area contributed by atoms with Crippen LogP contribution >= 0.6 is 11.8 Å². The molecule has 0 nitrogen and oxygen atoms in total. The molecule has 0 unspecified atom stereocenters. The Morgan fingerprint density at radius 3 is 2.29 bits per heavy atom. The van der Waals surface area contributed by atoms with Gasteiger partial charge < -0.3 is 0 Å². The summed E-state index contributed by atoms with van der Waals surface area (Å²) in [5.41, 5.74) is 11.8. The van der Waals surface area contributed by atoms with Crippen molar-refractivity contribution in [2.24, 2.45) is 0 Å².